The van der Waals surface area contributed by atoms with Crippen LogP contribution in [0.25, 0.3) is 0 Å². The molecule has 0 aliphatic carbocycles. The van der Waals surface area contributed by atoms with Crippen molar-refractivity contribution < 1.29 is 17.5 Å². The van der Waals surface area contributed by atoms with Gasteiger partial charge < -0.3 is 4.74 Å². The van der Waals surface area contributed by atoms with Crippen LogP contribution in [0.2, 0.25) is 0 Å². The largest absolute Gasteiger partial charge is 0.489 e. The predicted molar refractivity (Wildman–Crippen MR) is 85.3 cm³/mol. The predicted octanol–water partition coefficient (Wildman–Crippen LogP) is 3.11. The molecule has 23 heavy (non-hydrogen) atoms. The molecule has 0 spiro atoms. The fourth-order valence-electron chi connectivity index (χ4n) is 2.65. The third kappa shape index (κ3) is 3.09. The van der Waals surface area contributed by atoms with E-state index in [0.717, 1.165) is 5.56 Å². The van der Waals surface area contributed by atoms with E-state index in [1.54, 1.807) is 6.92 Å². The number of benzene rings is 2. The normalized spacial score (nSPS) is 18.8. The molecule has 3 rings (SSSR count). The molecular formula is C17H18FNO3S. The Morgan fingerprint density at radius 2 is 1.96 bits per heavy atom. The Kier molecular flexibility index (Phi) is 4.12. The smallest absolute Gasteiger partial charge is 0.243 e. The minimum absolute atomic E-state index is 0.1000. The van der Waals surface area contributed by atoms with Crippen LogP contribution in [0.3, 0.4) is 0 Å². The van der Waals surface area contributed by atoms with Crippen molar-refractivity contribution in [3.63, 3.8) is 0 Å². The maximum absolute atomic E-state index is 13.4. The quantitative estimate of drug-likeness (QED) is 0.847. The van der Waals surface area contributed by atoms with Gasteiger partial charge >= 0.3 is 0 Å². The maximum atomic E-state index is 13.4. The van der Waals surface area contributed by atoms with Crippen molar-refractivity contribution in [2.24, 2.45) is 0 Å². The lowest BCUT2D eigenvalue weighted by atomic mass is 10.2. The van der Waals surface area contributed by atoms with Crippen LogP contribution in [0.15, 0.2) is 47.4 Å². The van der Waals surface area contributed by atoms with Crippen LogP contribution in [0.1, 0.15) is 18.1 Å². The van der Waals surface area contributed by atoms with E-state index in [2.05, 4.69) is 0 Å². The van der Waals surface area contributed by atoms with Gasteiger partial charge in [-0.25, -0.2) is 12.8 Å². The summed E-state index contributed by atoms with van der Waals surface area (Å²) >= 11 is 0. The highest BCUT2D eigenvalue weighted by Gasteiger charge is 2.30. The molecule has 2 aromatic rings. The number of para-hydroxylation sites is 1. The minimum atomic E-state index is -3.71. The number of nitrogens with zero attached hydrogens (tertiary/aromatic N) is 1. The molecule has 4 nitrogen and oxygen atoms in total. The first-order valence-electron chi connectivity index (χ1n) is 7.39. The molecule has 1 aliphatic heterocycles. The summed E-state index contributed by atoms with van der Waals surface area (Å²) in [6.45, 7) is 3.87. The molecule has 0 aromatic heterocycles. The zero-order valence-corrected chi connectivity index (χ0v) is 13.8. The number of hydrogen-bond acceptors (Lipinski definition) is 3. The summed E-state index contributed by atoms with van der Waals surface area (Å²) in [6.07, 6.45) is -0.269. The molecule has 1 atom stereocenters. The Labute approximate surface area is 135 Å². The zero-order chi connectivity index (χ0) is 16.6. The van der Waals surface area contributed by atoms with E-state index in [1.807, 2.05) is 31.2 Å². The molecule has 122 valence electrons. The van der Waals surface area contributed by atoms with Crippen LogP contribution >= 0.6 is 0 Å². The van der Waals surface area contributed by atoms with Crippen LogP contribution in [0.4, 0.5) is 4.39 Å². The number of ether oxygens (including phenoxy) is 1. The molecule has 1 heterocycles. The molecule has 6 heteroatoms. The summed E-state index contributed by atoms with van der Waals surface area (Å²) in [4.78, 5) is 0.1000. The van der Waals surface area contributed by atoms with Crippen molar-refractivity contribution in [2.45, 2.75) is 31.4 Å². The van der Waals surface area contributed by atoms with Crippen LogP contribution in [-0.2, 0) is 16.6 Å². The standard InChI is InChI=1S/C17H18FNO3S/c1-12-9-15(7-8-16(12)18)23(20,21)19-10-13(2)22-17-6-4-3-5-14(17)11-19/h3-9,13H,10-11H2,1-2H3. The first kappa shape index (κ1) is 16.0. The highest BCUT2D eigenvalue weighted by atomic mass is 32.2. The third-order valence-corrected chi connectivity index (χ3v) is 5.68. The molecular weight excluding hydrogens is 317 g/mol. The molecule has 0 N–H and O–H groups in total. The van der Waals surface area contributed by atoms with Crippen LogP contribution in [0, 0.1) is 12.7 Å². The van der Waals surface area contributed by atoms with Gasteiger partial charge in [0.05, 0.1) is 11.4 Å². The number of hydrogen-bond donors (Lipinski definition) is 0. The van der Waals surface area contributed by atoms with Gasteiger partial charge in [0.15, 0.2) is 0 Å². The number of aryl methyl sites for hydroxylation is 1. The molecule has 0 bridgehead atoms. The van der Waals surface area contributed by atoms with Gasteiger partial charge in [0.25, 0.3) is 0 Å². The van der Waals surface area contributed by atoms with Crippen molar-refractivity contribution in [2.75, 3.05) is 6.54 Å². The Morgan fingerprint density at radius 1 is 1.22 bits per heavy atom. The summed E-state index contributed by atoms with van der Waals surface area (Å²) in [7, 11) is -3.71. The van der Waals surface area contributed by atoms with E-state index >= 15 is 0 Å². The summed E-state index contributed by atoms with van der Waals surface area (Å²) < 4.78 is 46.4. The molecule has 0 radical (unpaired) electrons. The Bertz CT molecular complexity index is 835. The maximum Gasteiger partial charge on any atom is 0.243 e. The van der Waals surface area contributed by atoms with Crippen molar-refractivity contribution in [3.05, 3.63) is 59.4 Å². The van der Waals surface area contributed by atoms with Gasteiger partial charge in [-0.3, -0.25) is 0 Å². The molecule has 0 amide bonds. The topological polar surface area (TPSA) is 46.6 Å². The van der Waals surface area contributed by atoms with Gasteiger partial charge in [0.1, 0.15) is 17.7 Å². The third-order valence-electron chi connectivity index (χ3n) is 3.88. The molecule has 1 unspecified atom stereocenters. The summed E-state index contributed by atoms with van der Waals surface area (Å²) in [6, 6.07) is 11.3. The average Bonchev–Trinajstić information content (AvgIpc) is 2.68. The number of fused-ring (bicyclic) bond motifs is 1. The molecule has 0 saturated carbocycles. The summed E-state index contributed by atoms with van der Waals surface area (Å²) in [5.41, 5.74) is 1.13. The van der Waals surface area contributed by atoms with Crippen molar-refractivity contribution in [1.82, 2.24) is 4.31 Å². The summed E-state index contributed by atoms with van der Waals surface area (Å²) in [5.74, 6) is 0.287. The lowest BCUT2D eigenvalue weighted by Crippen LogP contribution is -2.36. The molecule has 1 aliphatic rings. The van der Waals surface area contributed by atoms with E-state index < -0.39 is 15.8 Å². The van der Waals surface area contributed by atoms with Gasteiger partial charge in [0, 0.05) is 12.1 Å². The van der Waals surface area contributed by atoms with Crippen molar-refractivity contribution >= 4 is 10.0 Å². The number of sulfonamides is 1. The first-order valence-corrected chi connectivity index (χ1v) is 8.83. The average molecular weight is 335 g/mol. The fourth-order valence-corrected chi connectivity index (χ4v) is 4.23. The highest BCUT2D eigenvalue weighted by Crippen LogP contribution is 2.28. The van der Waals surface area contributed by atoms with Gasteiger partial charge in [0.2, 0.25) is 10.0 Å². The zero-order valence-electron chi connectivity index (χ0n) is 13.0. The highest BCUT2D eigenvalue weighted by molar-refractivity contribution is 7.89. The number of rotatable bonds is 2. The Balaban J connectivity index is 2.00. The van der Waals surface area contributed by atoms with E-state index in [9.17, 15) is 12.8 Å². The summed E-state index contributed by atoms with van der Waals surface area (Å²) in [5, 5.41) is 0. The van der Waals surface area contributed by atoms with E-state index in [4.69, 9.17) is 4.74 Å². The fraction of sp³-hybridized carbons (Fsp3) is 0.294. The van der Waals surface area contributed by atoms with Gasteiger partial charge in [-0.05, 0) is 43.7 Å². The number of halogens is 1. The van der Waals surface area contributed by atoms with E-state index in [-0.39, 0.29) is 24.1 Å². The van der Waals surface area contributed by atoms with Gasteiger partial charge in [-0.15, -0.1) is 0 Å². The molecule has 0 fully saturated rings. The van der Waals surface area contributed by atoms with Gasteiger partial charge in [-0.2, -0.15) is 4.31 Å². The van der Waals surface area contributed by atoms with E-state index in [0.29, 0.717) is 11.3 Å². The molecule has 0 saturated heterocycles. The lowest BCUT2D eigenvalue weighted by molar-refractivity contribution is 0.201. The SMILES string of the molecule is Cc1cc(S(=O)(=O)N2Cc3ccccc3OC(C)C2)ccc1F. The van der Waals surface area contributed by atoms with E-state index in [1.165, 1.54) is 22.5 Å². The Morgan fingerprint density at radius 3 is 2.70 bits per heavy atom. The van der Waals surface area contributed by atoms with Crippen LogP contribution in [-0.4, -0.2) is 25.4 Å². The second-order valence-electron chi connectivity index (χ2n) is 5.74. The Hall–Kier alpha value is -1.92. The minimum Gasteiger partial charge on any atom is -0.489 e. The second-order valence-corrected chi connectivity index (χ2v) is 7.68. The lowest BCUT2D eigenvalue weighted by Gasteiger charge is -2.22. The van der Waals surface area contributed by atoms with Crippen molar-refractivity contribution in [3.8, 4) is 5.75 Å². The van der Waals surface area contributed by atoms with Crippen LogP contribution in [0.5, 0.6) is 5.75 Å². The monoisotopic (exact) mass is 335 g/mol. The van der Waals surface area contributed by atoms with Gasteiger partial charge in [-0.1, -0.05) is 18.2 Å². The van der Waals surface area contributed by atoms with Crippen molar-refractivity contribution in [1.29, 1.82) is 0 Å². The second kappa shape index (κ2) is 5.94. The molecule has 2 aromatic carbocycles. The van der Waals surface area contributed by atoms with Crippen LogP contribution < -0.4 is 4.74 Å². The first-order chi connectivity index (χ1) is 10.9.